The number of nitrogens with two attached hydrogens (primary N) is 1. The van der Waals surface area contributed by atoms with Gasteiger partial charge in [-0.15, -0.1) is 11.3 Å². The molecule has 0 amide bonds. The SMILES string of the molecule is NC(c1ccc(-c2cc(F)ccc2Cl)s1)C1CC1. The van der Waals surface area contributed by atoms with Gasteiger partial charge in [0.1, 0.15) is 5.82 Å². The Bertz CT molecular complexity index is 577. The summed E-state index contributed by atoms with van der Waals surface area (Å²) in [6.45, 7) is 0. The Morgan fingerprint density at radius 3 is 2.78 bits per heavy atom. The Morgan fingerprint density at radius 2 is 2.06 bits per heavy atom. The van der Waals surface area contributed by atoms with Gasteiger partial charge in [-0.3, -0.25) is 0 Å². The Labute approximate surface area is 114 Å². The number of benzene rings is 1. The summed E-state index contributed by atoms with van der Waals surface area (Å²) in [6.07, 6.45) is 2.43. The van der Waals surface area contributed by atoms with Gasteiger partial charge >= 0.3 is 0 Å². The van der Waals surface area contributed by atoms with Crippen LogP contribution in [0, 0.1) is 11.7 Å². The lowest BCUT2D eigenvalue weighted by atomic mass is 10.1. The van der Waals surface area contributed by atoms with Gasteiger partial charge in [0.05, 0.1) is 0 Å². The van der Waals surface area contributed by atoms with Crippen LogP contribution in [0.3, 0.4) is 0 Å². The topological polar surface area (TPSA) is 26.0 Å². The third kappa shape index (κ3) is 2.30. The summed E-state index contributed by atoms with van der Waals surface area (Å²) in [4.78, 5) is 2.14. The number of hydrogen-bond donors (Lipinski definition) is 1. The summed E-state index contributed by atoms with van der Waals surface area (Å²) in [7, 11) is 0. The molecule has 2 aromatic rings. The van der Waals surface area contributed by atoms with Gasteiger partial charge in [-0.25, -0.2) is 4.39 Å². The van der Waals surface area contributed by atoms with Crippen LogP contribution in [0.4, 0.5) is 4.39 Å². The summed E-state index contributed by atoms with van der Waals surface area (Å²) < 4.78 is 13.3. The summed E-state index contributed by atoms with van der Waals surface area (Å²) in [5.41, 5.74) is 6.91. The average Bonchev–Trinajstić information content (AvgIpc) is 3.09. The third-order valence-electron chi connectivity index (χ3n) is 3.28. The maximum absolute atomic E-state index is 13.3. The Kier molecular flexibility index (Phi) is 3.14. The lowest BCUT2D eigenvalue weighted by Gasteiger charge is -2.06. The van der Waals surface area contributed by atoms with E-state index in [1.54, 1.807) is 17.4 Å². The normalized spacial score (nSPS) is 16.8. The van der Waals surface area contributed by atoms with Gasteiger partial charge in [0.25, 0.3) is 0 Å². The molecule has 3 rings (SSSR count). The van der Waals surface area contributed by atoms with Crippen molar-refractivity contribution in [3.63, 3.8) is 0 Å². The second kappa shape index (κ2) is 4.65. The first-order chi connectivity index (χ1) is 8.65. The van der Waals surface area contributed by atoms with Crippen molar-refractivity contribution in [3.05, 3.63) is 46.0 Å². The fourth-order valence-electron chi connectivity index (χ4n) is 2.05. The van der Waals surface area contributed by atoms with Crippen LogP contribution >= 0.6 is 22.9 Å². The Morgan fingerprint density at radius 1 is 1.28 bits per heavy atom. The van der Waals surface area contributed by atoms with E-state index in [0.717, 1.165) is 15.3 Å². The predicted molar refractivity (Wildman–Crippen MR) is 74.4 cm³/mol. The zero-order valence-corrected chi connectivity index (χ0v) is 11.3. The van der Waals surface area contributed by atoms with E-state index in [2.05, 4.69) is 0 Å². The highest BCUT2D eigenvalue weighted by atomic mass is 35.5. The zero-order valence-electron chi connectivity index (χ0n) is 9.70. The van der Waals surface area contributed by atoms with Crippen molar-refractivity contribution in [2.24, 2.45) is 11.7 Å². The molecular weight excluding hydrogens is 269 g/mol. The number of halogens is 2. The third-order valence-corrected chi connectivity index (χ3v) is 4.83. The van der Waals surface area contributed by atoms with Crippen LogP contribution in [0.2, 0.25) is 5.02 Å². The van der Waals surface area contributed by atoms with Gasteiger partial charge in [0, 0.05) is 26.4 Å². The molecule has 2 N–H and O–H groups in total. The zero-order chi connectivity index (χ0) is 12.7. The van der Waals surface area contributed by atoms with Crippen LogP contribution in [-0.4, -0.2) is 0 Å². The van der Waals surface area contributed by atoms with E-state index in [-0.39, 0.29) is 11.9 Å². The van der Waals surface area contributed by atoms with Gasteiger partial charge in [-0.05, 0) is 49.1 Å². The van der Waals surface area contributed by atoms with Crippen LogP contribution < -0.4 is 5.73 Å². The molecule has 0 bridgehead atoms. The van der Waals surface area contributed by atoms with E-state index in [4.69, 9.17) is 17.3 Å². The van der Waals surface area contributed by atoms with Crippen LogP contribution in [0.15, 0.2) is 30.3 Å². The maximum atomic E-state index is 13.3. The smallest absolute Gasteiger partial charge is 0.123 e. The van der Waals surface area contributed by atoms with Gasteiger partial charge in [0.2, 0.25) is 0 Å². The first kappa shape index (κ1) is 12.2. The summed E-state index contributed by atoms with van der Waals surface area (Å²) in [5, 5.41) is 0.574. The molecule has 1 unspecified atom stereocenters. The van der Waals surface area contributed by atoms with Crippen molar-refractivity contribution >= 4 is 22.9 Å². The maximum Gasteiger partial charge on any atom is 0.123 e. The number of rotatable bonds is 3. The van der Waals surface area contributed by atoms with E-state index in [1.165, 1.54) is 25.0 Å². The molecule has 0 spiro atoms. The second-order valence-corrected chi connectivity index (χ2v) is 6.21. The van der Waals surface area contributed by atoms with Gasteiger partial charge < -0.3 is 5.73 Å². The van der Waals surface area contributed by atoms with E-state index < -0.39 is 0 Å². The first-order valence-electron chi connectivity index (χ1n) is 5.96. The highest BCUT2D eigenvalue weighted by Gasteiger charge is 2.30. The quantitative estimate of drug-likeness (QED) is 0.873. The molecule has 1 aromatic heterocycles. The fourth-order valence-corrected chi connectivity index (χ4v) is 3.46. The van der Waals surface area contributed by atoms with E-state index in [1.807, 2.05) is 12.1 Å². The lowest BCUT2D eigenvalue weighted by molar-refractivity contribution is 0.628. The minimum Gasteiger partial charge on any atom is -0.323 e. The lowest BCUT2D eigenvalue weighted by Crippen LogP contribution is -2.10. The van der Waals surface area contributed by atoms with Crippen molar-refractivity contribution in [1.29, 1.82) is 0 Å². The molecule has 0 aliphatic heterocycles. The molecule has 1 fully saturated rings. The van der Waals surface area contributed by atoms with Crippen LogP contribution in [0.5, 0.6) is 0 Å². The Hall–Kier alpha value is -0.900. The summed E-state index contributed by atoms with van der Waals surface area (Å²) in [5.74, 6) is 0.357. The molecule has 0 saturated heterocycles. The molecule has 94 valence electrons. The standard InChI is InChI=1S/C14H13ClFNS/c15-11-4-3-9(16)7-10(11)12-5-6-13(18-12)14(17)8-1-2-8/h3-8,14H,1-2,17H2. The molecule has 1 saturated carbocycles. The number of thiophene rings is 1. The van der Waals surface area contributed by atoms with E-state index in [0.29, 0.717) is 10.9 Å². The molecule has 1 aromatic carbocycles. The van der Waals surface area contributed by atoms with Crippen LogP contribution in [-0.2, 0) is 0 Å². The van der Waals surface area contributed by atoms with Gasteiger partial charge in [0.15, 0.2) is 0 Å². The highest BCUT2D eigenvalue weighted by molar-refractivity contribution is 7.15. The summed E-state index contributed by atoms with van der Waals surface area (Å²) in [6, 6.07) is 8.56. The summed E-state index contributed by atoms with van der Waals surface area (Å²) >= 11 is 7.71. The van der Waals surface area contributed by atoms with E-state index >= 15 is 0 Å². The Balaban J connectivity index is 1.94. The monoisotopic (exact) mass is 281 g/mol. The molecule has 1 aliphatic rings. The minimum absolute atomic E-state index is 0.121. The molecule has 4 heteroatoms. The molecule has 1 heterocycles. The van der Waals surface area contributed by atoms with Crippen LogP contribution in [0.1, 0.15) is 23.8 Å². The largest absolute Gasteiger partial charge is 0.323 e. The van der Waals surface area contributed by atoms with Gasteiger partial charge in [-0.2, -0.15) is 0 Å². The second-order valence-electron chi connectivity index (χ2n) is 4.69. The molecule has 1 nitrogen and oxygen atoms in total. The predicted octanol–water partition coefficient (Wildman–Crippen LogP) is 4.62. The van der Waals surface area contributed by atoms with Crippen molar-refractivity contribution in [1.82, 2.24) is 0 Å². The molecule has 18 heavy (non-hydrogen) atoms. The molecular formula is C14H13ClFNS. The molecule has 1 atom stereocenters. The van der Waals surface area contributed by atoms with Crippen molar-refractivity contribution in [2.45, 2.75) is 18.9 Å². The molecule has 0 radical (unpaired) electrons. The van der Waals surface area contributed by atoms with Crippen LogP contribution in [0.25, 0.3) is 10.4 Å². The van der Waals surface area contributed by atoms with E-state index in [9.17, 15) is 4.39 Å². The first-order valence-corrected chi connectivity index (χ1v) is 7.15. The average molecular weight is 282 g/mol. The van der Waals surface area contributed by atoms with Crippen molar-refractivity contribution in [3.8, 4) is 10.4 Å². The molecule has 1 aliphatic carbocycles. The van der Waals surface area contributed by atoms with Crippen molar-refractivity contribution < 1.29 is 4.39 Å². The number of hydrogen-bond acceptors (Lipinski definition) is 2. The minimum atomic E-state index is -0.268. The van der Waals surface area contributed by atoms with Gasteiger partial charge in [-0.1, -0.05) is 11.6 Å². The highest BCUT2D eigenvalue weighted by Crippen LogP contribution is 2.43. The van der Waals surface area contributed by atoms with Crippen molar-refractivity contribution in [2.75, 3.05) is 0 Å². The fraction of sp³-hybridized carbons (Fsp3) is 0.286.